The fourth-order valence-electron chi connectivity index (χ4n) is 5.41. The number of aliphatic carboxylic acids is 1. The molecule has 1 aliphatic carbocycles. The molecule has 216 valence electrons. The minimum Gasteiger partial charge on any atom is -0.479 e. The number of aromatic nitrogens is 2. The maximum Gasteiger partial charge on any atom is 0.330 e. The van der Waals surface area contributed by atoms with E-state index in [2.05, 4.69) is 11.9 Å². The van der Waals surface area contributed by atoms with Crippen LogP contribution in [0.5, 0.6) is 5.88 Å². The topological polar surface area (TPSA) is 142 Å². The Morgan fingerprint density at radius 2 is 1.93 bits per heavy atom. The van der Waals surface area contributed by atoms with Crippen molar-refractivity contribution < 1.29 is 29.3 Å². The van der Waals surface area contributed by atoms with Gasteiger partial charge in [-0.15, -0.1) is 17.9 Å². The number of rotatable bonds is 9. The number of amides is 2. The Balaban J connectivity index is 1.47. The van der Waals surface area contributed by atoms with E-state index in [9.17, 15) is 24.6 Å². The molecule has 3 N–H and O–H groups in total. The van der Waals surface area contributed by atoms with Gasteiger partial charge in [0.05, 0.1) is 35.0 Å². The van der Waals surface area contributed by atoms with Crippen molar-refractivity contribution in [2.75, 3.05) is 13.2 Å². The monoisotopic (exact) mass is 578 g/mol. The minimum absolute atomic E-state index is 0.0623. The lowest BCUT2D eigenvalue weighted by molar-refractivity contribution is -0.148. The molecule has 1 saturated carbocycles. The molecule has 5 atom stereocenters. The lowest BCUT2D eigenvalue weighted by atomic mass is 9.80. The van der Waals surface area contributed by atoms with Crippen LogP contribution in [0.2, 0.25) is 0 Å². The van der Waals surface area contributed by atoms with Crippen molar-refractivity contribution in [1.29, 1.82) is 0 Å². The molecule has 41 heavy (non-hydrogen) atoms. The molecule has 1 saturated heterocycles. The zero-order chi connectivity index (χ0) is 29.5. The van der Waals surface area contributed by atoms with Crippen molar-refractivity contribution >= 4 is 40.2 Å². The molecule has 2 aliphatic rings. The Hall–Kier alpha value is -3.83. The van der Waals surface area contributed by atoms with E-state index >= 15 is 0 Å². The number of ether oxygens (including phenoxy) is 1. The highest BCUT2D eigenvalue weighted by Crippen LogP contribution is 2.45. The molecule has 0 radical (unpaired) electrons. The van der Waals surface area contributed by atoms with Gasteiger partial charge in [-0.2, -0.15) is 0 Å². The third-order valence-electron chi connectivity index (χ3n) is 7.97. The highest BCUT2D eigenvalue weighted by atomic mass is 32.1. The van der Waals surface area contributed by atoms with Crippen LogP contribution in [0.4, 0.5) is 0 Å². The summed E-state index contributed by atoms with van der Waals surface area (Å²) in [6.45, 7) is 8.89. The maximum atomic E-state index is 13.8. The number of carbonyl (C=O) groups excluding carboxylic acids is 2. The number of aliphatic hydroxyl groups excluding tert-OH is 1. The molecule has 0 unspecified atom stereocenters. The van der Waals surface area contributed by atoms with Crippen LogP contribution in [0, 0.1) is 17.3 Å². The average molecular weight is 579 g/mol. The van der Waals surface area contributed by atoms with Crippen molar-refractivity contribution in [3.05, 3.63) is 54.4 Å². The summed E-state index contributed by atoms with van der Waals surface area (Å²) < 4.78 is 6.40. The van der Waals surface area contributed by atoms with Gasteiger partial charge in [0.2, 0.25) is 17.7 Å². The number of para-hydroxylation sites is 2. The van der Waals surface area contributed by atoms with Crippen molar-refractivity contribution in [2.24, 2.45) is 17.3 Å². The number of carboxylic acids is 1. The Bertz CT molecular complexity index is 1490. The second kappa shape index (κ2) is 10.9. The summed E-state index contributed by atoms with van der Waals surface area (Å²) in [6.07, 6.45) is 1.24. The molecule has 5 rings (SSSR count). The zero-order valence-corrected chi connectivity index (χ0v) is 24.1. The van der Waals surface area contributed by atoms with Gasteiger partial charge < -0.3 is 25.2 Å². The van der Waals surface area contributed by atoms with E-state index in [0.29, 0.717) is 16.7 Å². The highest BCUT2D eigenvalue weighted by molar-refractivity contribution is 7.13. The van der Waals surface area contributed by atoms with Crippen LogP contribution in [0.1, 0.15) is 33.6 Å². The lowest BCUT2D eigenvalue weighted by Gasteiger charge is -2.34. The van der Waals surface area contributed by atoms with Crippen LogP contribution in [-0.4, -0.2) is 73.7 Å². The van der Waals surface area contributed by atoms with E-state index in [-0.39, 0.29) is 25.3 Å². The third-order valence-corrected chi connectivity index (χ3v) is 8.85. The summed E-state index contributed by atoms with van der Waals surface area (Å²) in [5.41, 5.74) is -0.106. The second-order valence-electron chi connectivity index (χ2n) is 11.7. The van der Waals surface area contributed by atoms with Crippen molar-refractivity contribution in [3.63, 3.8) is 0 Å². The molecular weight excluding hydrogens is 544 g/mol. The van der Waals surface area contributed by atoms with E-state index < -0.39 is 59.3 Å². The second-order valence-corrected chi connectivity index (χ2v) is 12.7. The number of hydrogen-bond donors (Lipinski definition) is 3. The number of nitrogens with zero attached hydrogens (tertiary/aromatic N) is 3. The normalized spacial score (nSPS) is 24.6. The van der Waals surface area contributed by atoms with E-state index in [1.165, 1.54) is 22.3 Å². The molecule has 0 bridgehead atoms. The first kappa shape index (κ1) is 28.7. The Morgan fingerprint density at radius 3 is 2.49 bits per heavy atom. The summed E-state index contributed by atoms with van der Waals surface area (Å²) in [5, 5.41) is 24.6. The quantitative estimate of drug-likeness (QED) is 0.328. The highest BCUT2D eigenvalue weighted by Gasteiger charge is 2.61. The molecule has 3 heterocycles. The lowest BCUT2D eigenvalue weighted by Crippen LogP contribution is -2.54. The molecule has 10 nitrogen and oxygen atoms in total. The number of carboxylic acid groups (broad SMARTS) is 1. The van der Waals surface area contributed by atoms with Crippen LogP contribution in [0.3, 0.4) is 0 Å². The van der Waals surface area contributed by atoms with Gasteiger partial charge in [0.1, 0.15) is 23.4 Å². The SMILES string of the molecule is C=C[C@@H]1C[C@]1(NC(=O)[C@@H]1C[C@@H](Oc2nc3ccccc3nc2-c2cccs2)CN1C(=O)[C@H](CO)C(C)(C)C)C(=O)O. The van der Waals surface area contributed by atoms with Gasteiger partial charge in [-0.05, 0) is 35.4 Å². The van der Waals surface area contributed by atoms with Crippen molar-refractivity contribution in [3.8, 4) is 16.5 Å². The molecule has 1 aliphatic heterocycles. The summed E-state index contributed by atoms with van der Waals surface area (Å²) in [4.78, 5) is 51.2. The van der Waals surface area contributed by atoms with E-state index in [4.69, 9.17) is 14.7 Å². The first-order valence-electron chi connectivity index (χ1n) is 13.5. The number of fused-ring (bicyclic) bond motifs is 1. The maximum absolute atomic E-state index is 13.8. The summed E-state index contributed by atoms with van der Waals surface area (Å²) in [5.74, 6) is -3.00. The van der Waals surface area contributed by atoms with Crippen LogP contribution in [0.25, 0.3) is 21.6 Å². The zero-order valence-electron chi connectivity index (χ0n) is 23.2. The van der Waals surface area contributed by atoms with Gasteiger partial charge in [-0.3, -0.25) is 9.59 Å². The van der Waals surface area contributed by atoms with Crippen molar-refractivity contribution in [1.82, 2.24) is 20.2 Å². The minimum atomic E-state index is -1.44. The van der Waals surface area contributed by atoms with Gasteiger partial charge in [-0.1, -0.05) is 45.0 Å². The van der Waals surface area contributed by atoms with E-state index in [1.54, 1.807) is 0 Å². The van der Waals surface area contributed by atoms with Crippen LogP contribution in [-0.2, 0) is 14.4 Å². The van der Waals surface area contributed by atoms with Gasteiger partial charge in [0.25, 0.3) is 0 Å². The number of carbonyl (C=O) groups is 3. The smallest absolute Gasteiger partial charge is 0.330 e. The molecule has 11 heteroatoms. The number of benzene rings is 1. The summed E-state index contributed by atoms with van der Waals surface area (Å²) in [7, 11) is 0. The van der Waals surface area contributed by atoms with Gasteiger partial charge in [0.15, 0.2) is 0 Å². The average Bonchev–Trinajstić information content (AvgIpc) is 3.24. The first-order chi connectivity index (χ1) is 19.5. The van der Waals surface area contributed by atoms with Gasteiger partial charge in [-0.25, -0.2) is 14.8 Å². The molecule has 2 aromatic heterocycles. The molecule has 2 fully saturated rings. The van der Waals surface area contributed by atoms with Gasteiger partial charge >= 0.3 is 5.97 Å². The standard InChI is InChI=1S/C30H34N4O6S/c1-5-17-14-30(17,28(38)39)33-25(36)22-13-18(15-34(22)27(37)19(16-35)29(2,3)4)40-26-24(23-11-8-12-41-23)31-20-9-6-7-10-21(20)32-26/h5-12,17-19,22,35H,1,13-16H2,2-4H3,(H,33,36)(H,38,39)/t17-,18-,19+,22+,30-/m1/s1. The molecule has 2 amide bonds. The molecule has 0 spiro atoms. The molecule has 1 aromatic carbocycles. The first-order valence-corrected chi connectivity index (χ1v) is 14.4. The van der Waals surface area contributed by atoms with Crippen molar-refractivity contribution in [2.45, 2.75) is 51.3 Å². The number of nitrogens with one attached hydrogen (secondary N) is 1. The third kappa shape index (κ3) is 5.43. The fraction of sp³-hybridized carbons (Fsp3) is 0.433. The fourth-order valence-corrected chi connectivity index (χ4v) is 6.12. The Labute approximate surface area is 242 Å². The summed E-state index contributed by atoms with van der Waals surface area (Å²) >= 11 is 1.49. The predicted octanol–water partition coefficient (Wildman–Crippen LogP) is 3.51. The molecular formula is C30H34N4O6S. The number of hydrogen-bond acceptors (Lipinski definition) is 8. The van der Waals surface area contributed by atoms with Crippen LogP contribution < -0.4 is 10.1 Å². The van der Waals surface area contributed by atoms with Crippen LogP contribution in [0.15, 0.2) is 54.4 Å². The largest absolute Gasteiger partial charge is 0.479 e. The van der Waals surface area contributed by atoms with Crippen LogP contribution >= 0.6 is 11.3 Å². The van der Waals surface area contributed by atoms with E-state index in [0.717, 1.165) is 4.88 Å². The Kier molecular flexibility index (Phi) is 7.60. The molecule has 3 aromatic rings. The number of likely N-dealkylation sites (tertiary alicyclic amines) is 1. The number of aliphatic hydroxyl groups is 1. The Morgan fingerprint density at radius 1 is 1.22 bits per heavy atom. The number of thiophene rings is 1. The summed E-state index contributed by atoms with van der Waals surface area (Å²) in [6, 6.07) is 10.3. The van der Waals surface area contributed by atoms with E-state index in [1.807, 2.05) is 62.5 Å². The predicted molar refractivity (Wildman–Crippen MR) is 154 cm³/mol. The van der Waals surface area contributed by atoms with Gasteiger partial charge in [0, 0.05) is 12.3 Å².